The van der Waals surface area contributed by atoms with Crippen molar-refractivity contribution >= 4 is 15.8 Å². The molecule has 1 rings (SSSR count). The van der Waals surface area contributed by atoms with E-state index in [1.165, 1.54) is 18.3 Å². The number of nitrogens with zero attached hydrogens (tertiary/aromatic N) is 1. The number of rotatable bonds is 8. The molecule has 0 saturated heterocycles. The topological polar surface area (TPSA) is 94.3 Å². The van der Waals surface area contributed by atoms with E-state index < -0.39 is 10.0 Å². The van der Waals surface area contributed by atoms with Gasteiger partial charge < -0.3 is 10.5 Å². The van der Waals surface area contributed by atoms with Crippen LogP contribution in [0.4, 0.5) is 5.82 Å². The third-order valence-electron chi connectivity index (χ3n) is 2.27. The van der Waals surface area contributed by atoms with Gasteiger partial charge in [-0.3, -0.25) is 0 Å². The number of hydrogen-bond donors (Lipinski definition) is 2. The van der Waals surface area contributed by atoms with Crippen LogP contribution >= 0.6 is 0 Å². The summed E-state index contributed by atoms with van der Waals surface area (Å²) in [4.78, 5) is 3.88. The predicted molar refractivity (Wildman–Crippen MR) is 74.1 cm³/mol. The number of aromatic nitrogens is 1. The van der Waals surface area contributed by atoms with Crippen LogP contribution in [0.2, 0.25) is 0 Å². The Balaban J connectivity index is 2.36. The van der Waals surface area contributed by atoms with Gasteiger partial charge in [0.2, 0.25) is 10.0 Å². The summed E-state index contributed by atoms with van der Waals surface area (Å²) in [7, 11) is -3.51. The highest BCUT2D eigenvalue weighted by Gasteiger charge is 2.13. The van der Waals surface area contributed by atoms with Crippen molar-refractivity contribution in [1.82, 2.24) is 9.71 Å². The minimum atomic E-state index is -3.51. The molecule has 6 nitrogen and oxygen atoms in total. The van der Waals surface area contributed by atoms with E-state index in [1.54, 1.807) is 0 Å². The highest BCUT2D eigenvalue weighted by Crippen LogP contribution is 2.09. The standard InChI is InChI=1S/C12H21N3O3S/c1-10(2)9-18-7-3-5-15-19(16,17)11-4-6-14-12(13)8-11/h4,6,8,10,15H,3,5,7,9H2,1-2H3,(H2,13,14). The largest absolute Gasteiger partial charge is 0.384 e. The molecule has 0 bridgehead atoms. The Kier molecular flexibility index (Phi) is 6.20. The summed E-state index contributed by atoms with van der Waals surface area (Å²) < 4.78 is 31.6. The first-order valence-corrected chi connectivity index (χ1v) is 7.69. The summed E-state index contributed by atoms with van der Waals surface area (Å²) in [6.45, 7) is 5.70. The van der Waals surface area contributed by atoms with Crippen LogP contribution in [-0.2, 0) is 14.8 Å². The lowest BCUT2D eigenvalue weighted by Crippen LogP contribution is -2.25. The number of anilines is 1. The van der Waals surface area contributed by atoms with Crippen LogP contribution in [0.1, 0.15) is 20.3 Å². The molecular formula is C12H21N3O3S. The molecule has 0 atom stereocenters. The molecule has 0 aromatic carbocycles. The summed E-state index contributed by atoms with van der Waals surface area (Å²) in [6.07, 6.45) is 2.00. The fraction of sp³-hybridized carbons (Fsp3) is 0.583. The van der Waals surface area contributed by atoms with E-state index in [0.29, 0.717) is 32.1 Å². The Morgan fingerprint density at radius 3 is 2.84 bits per heavy atom. The van der Waals surface area contributed by atoms with Gasteiger partial charge in [0.05, 0.1) is 4.90 Å². The third-order valence-corrected chi connectivity index (χ3v) is 3.73. The molecule has 0 amide bonds. The Morgan fingerprint density at radius 1 is 1.47 bits per heavy atom. The van der Waals surface area contributed by atoms with E-state index in [-0.39, 0.29) is 10.7 Å². The lowest BCUT2D eigenvalue weighted by Gasteiger charge is -2.08. The van der Waals surface area contributed by atoms with E-state index in [0.717, 1.165) is 0 Å². The molecule has 0 aliphatic rings. The lowest BCUT2D eigenvalue weighted by atomic mass is 10.2. The second-order valence-corrected chi connectivity index (χ2v) is 6.40. The van der Waals surface area contributed by atoms with Crippen molar-refractivity contribution < 1.29 is 13.2 Å². The monoisotopic (exact) mass is 287 g/mol. The normalized spacial score (nSPS) is 11.9. The predicted octanol–water partition coefficient (Wildman–Crippen LogP) is 1.00. The maximum Gasteiger partial charge on any atom is 0.240 e. The Hall–Kier alpha value is -1.18. The molecular weight excluding hydrogens is 266 g/mol. The number of nitrogen functional groups attached to an aromatic ring is 1. The van der Waals surface area contributed by atoms with Crippen molar-refractivity contribution in [2.45, 2.75) is 25.2 Å². The molecule has 3 N–H and O–H groups in total. The summed E-state index contributed by atoms with van der Waals surface area (Å²) in [5, 5.41) is 0. The van der Waals surface area contributed by atoms with Gasteiger partial charge in [0.15, 0.2) is 0 Å². The molecule has 1 aromatic rings. The first-order valence-electron chi connectivity index (χ1n) is 6.21. The lowest BCUT2D eigenvalue weighted by molar-refractivity contribution is 0.108. The average molecular weight is 287 g/mol. The van der Waals surface area contributed by atoms with Crippen molar-refractivity contribution in [3.63, 3.8) is 0 Å². The van der Waals surface area contributed by atoms with Crippen LogP contribution in [0.5, 0.6) is 0 Å². The molecule has 0 unspecified atom stereocenters. The molecule has 1 heterocycles. The Bertz CT molecular complexity index is 489. The summed E-state index contributed by atoms with van der Waals surface area (Å²) in [5.41, 5.74) is 5.45. The number of nitrogens with two attached hydrogens (primary N) is 1. The number of sulfonamides is 1. The van der Waals surface area contributed by atoms with Gasteiger partial charge in [-0.05, 0) is 18.4 Å². The fourth-order valence-corrected chi connectivity index (χ4v) is 2.47. The molecule has 0 spiro atoms. The zero-order valence-electron chi connectivity index (χ0n) is 11.3. The minimum absolute atomic E-state index is 0.128. The van der Waals surface area contributed by atoms with Crippen LogP contribution in [-0.4, -0.2) is 33.2 Å². The smallest absolute Gasteiger partial charge is 0.240 e. The molecule has 0 saturated carbocycles. The SMILES string of the molecule is CC(C)COCCCNS(=O)(=O)c1ccnc(N)c1. The molecule has 0 radical (unpaired) electrons. The van der Waals surface area contributed by atoms with Crippen LogP contribution < -0.4 is 10.5 Å². The summed E-state index contributed by atoms with van der Waals surface area (Å²) in [6, 6.07) is 2.74. The number of pyridine rings is 1. The molecule has 108 valence electrons. The van der Waals surface area contributed by atoms with E-state index in [1.807, 2.05) is 0 Å². The van der Waals surface area contributed by atoms with E-state index in [9.17, 15) is 8.42 Å². The summed E-state index contributed by atoms with van der Waals surface area (Å²) >= 11 is 0. The van der Waals surface area contributed by atoms with Gasteiger partial charge in [-0.15, -0.1) is 0 Å². The average Bonchev–Trinajstić information content (AvgIpc) is 2.33. The minimum Gasteiger partial charge on any atom is -0.384 e. The maximum absolute atomic E-state index is 11.9. The first kappa shape index (κ1) is 15.9. The molecule has 0 aliphatic carbocycles. The van der Waals surface area contributed by atoms with Gasteiger partial charge >= 0.3 is 0 Å². The molecule has 0 aliphatic heterocycles. The Morgan fingerprint density at radius 2 is 2.21 bits per heavy atom. The molecule has 1 aromatic heterocycles. The quantitative estimate of drug-likeness (QED) is 0.696. The van der Waals surface area contributed by atoms with Crippen molar-refractivity contribution in [3.8, 4) is 0 Å². The molecule has 7 heteroatoms. The molecule has 0 fully saturated rings. The summed E-state index contributed by atoms with van der Waals surface area (Å²) in [5.74, 6) is 0.666. The number of nitrogens with one attached hydrogen (secondary N) is 1. The number of hydrogen-bond acceptors (Lipinski definition) is 5. The zero-order chi connectivity index (χ0) is 14.3. The maximum atomic E-state index is 11.9. The number of ether oxygens (including phenoxy) is 1. The van der Waals surface area contributed by atoms with Gasteiger partial charge in [0.25, 0.3) is 0 Å². The van der Waals surface area contributed by atoms with Gasteiger partial charge in [-0.25, -0.2) is 18.1 Å². The Labute approximate surface area is 114 Å². The third kappa shape index (κ3) is 6.00. The van der Waals surface area contributed by atoms with Crippen LogP contribution in [0.3, 0.4) is 0 Å². The van der Waals surface area contributed by atoms with Gasteiger partial charge in [0.1, 0.15) is 5.82 Å². The fourth-order valence-electron chi connectivity index (χ4n) is 1.38. The van der Waals surface area contributed by atoms with Crippen molar-refractivity contribution in [2.75, 3.05) is 25.5 Å². The van der Waals surface area contributed by atoms with E-state index in [2.05, 4.69) is 23.6 Å². The van der Waals surface area contributed by atoms with Crippen molar-refractivity contribution in [3.05, 3.63) is 18.3 Å². The zero-order valence-corrected chi connectivity index (χ0v) is 12.1. The highest BCUT2D eigenvalue weighted by atomic mass is 32.2. The van der Waals surface area contributed by atoms with E-state index >= 15 is 0 Å². The van der Waals surface area contributed by atoms with E-state index in [4.69, 9.17) is 10.5 Å². The van der Waals surface area contributed by atoms with Crippen molar-refractivity contribution in [2.24, 2.45) is 5.92 Å². The van der Waals surface area contributed by atoms with Gasteiger partial charge in [-0.1, -0.05) is 13.8 Å². The second-order valence-electron chi connectivity index (χ2n) is 4.64. The van der Waals surface area contributed by atoms with Gasteiger partial charge in [-0.2, -0.15) is 0 Å². The first-order chi connectivity index (χ1) is 8.92. The van der Waals surface area contributed by atoms with Crippen molar-refractivity contribution in [1.29, 1.82) is 0 Å². The molecule has 19 heavy (non-hydrogen) atoms. The second kappa shape index (κ2) is 7.42. The van der Waals surface area contributed by atoms with Gasteiger partial charge in [0, 0.05) is 32.0 Å². The van der Waals surface area contributed by atoms with Crippen LogP contribution in [0, 0.1) is 5.92 Å². The highest BCUT2D eigenvalue weighted by molar-refractivity contribution is 7.89. The van der Waals surface area contributed by atoms with Crippen LogP contribution in [0.15, 0.2) is 23.2 Å². The van der Waals surface area contributed by atoms with Crippen LogP contribution in [0.25, 0.3) is 0 Å².